The Bertz CT molecular complexity index is 534. The zero-order valence-corrected chi connectivity index (χ0v) is 12.6. The van der Waals surface area contributed by atoms with Crippen molar-refractivity contribution in [3.8, 4) is 0 Å². The molecule has 1 aromatic heterocycles. The highest BCUT2D eigenvalue weighted by molar-refractivity contribution is 5.84. The summed E-state index contributed by atoms with van der Waals surface area (Å²) in [5.74, 6) is 0.546. The topological polar surface area (TPSA) is 34.1 Å². The molecule has 2 rings (SSSR count). The van der Waals surface area contributed by atoms with E-state index in [2.05, 4.69) is 42.3 Å². The third-order valence-corrected chi connectivity index (χ3v) is 3.61. The third kappa shape index (κ3) is 3.78. The predicted molar refractivity (Wildman–Crippen MR) is 83.7 cm³/mol. The lowest BCUT2D eigenvalue weighted by molar-refractivity contribution is 0.108. The number of pyridine rings is 1. The predicted octanol–water partition coefficient (Wildman–Crippen LogP) is 3.39. The van der Waals surface area contributed by atoms with Gasteiger partial charge >= 0.3 is 0 Å². The molecule has 108 valence electrons. The first-order valence-electron chi connectivity index (χ1n) is 7.35. The molecule has 1 heterocycles. The molecule has 0 aliphatic carbocycles. The summed E-state index contributed by atoms with van der Waals surface area (Å²) in [5.41, 5.74) is 1.24. The van der Waals surface area contributed by atoms with Gasteiger partial charge in [0.2, 0.25) is 0 Å². The molecule has 0 radical (unpaired) electrons. The Morgan fingerprint density at radius 3 is 2.75 bits per heavy atom. The Kier molecular flexibility index (Phi) is 5.50. The number of rotatable bonds is 7. The van der Waals surface area contributed by atoms with Crippen molar-refractivity contribution in [1.82, 2.24) is 10.3 Å². The Balaban J connectivity index is 2.07. The van der Waals surface area contributed by atoms with Crippen LogP contribution >= 0.6 is 0 Å². The normalized spacial score (nSPS) is 13.0. The molecule has 1 aromatic carbocycles. The molecule has 1 unspecified atom stereocenters. The van der Waals surface area contributed by atoms with Gasteiger partial charge in [-0.15, -0.1) is 0 Å². The number of benzene rings is 1. The van der Waals surface area contributed by atoms with Gasteiger partial charge in [-0.1, -0.05) is 38.1 Å². The first-order chi connectivity index (χ1) is 9.72. The van der Waals surface area contributed by atoms with E-state index in [4.69, 9.17) is 4.74 Å². The van der Waals surface area contributed by atoms with Crippen LogP contribution in [0.3, 0.4) is 0 Å². The largest absolute Gasteiger partial charge is 0.380 e. The number of ether oxygens (including phenoxy) is 1. The van der Waals surface area contributed by atoms with Gasteiger partial charge in [0, 0.05) is 37.0 Å². The van der Waals surface area contributed by atoms with Crippen molar-refractivity contribution in [1.29, 1.82) is 0 Å². The molecular formula is C17H24N2O. The van der Waals surface area contributed by atoms with Crippen molar-refractivity contribution in [2.24, 2.45) is 5.92 Å². The van der Waals surface area contributed by atoms with E-state index in [0.29, 0.717) is 12.0 Å². The van der Waals surface area contributed by atoms with Gasteiger partial charge in [-0.25, -0.2) is 0 Å². The molecule has 0 amide bonds. The van der Waals surface area contributed by atoms with Crippen LogP contribution in [0.4, 0.5) is 0 Å². The maximum atomic E-state index is 5.55. The zero-order chi connectivity index (χ0) is 14.4. The van der Waals surface area contributed by atoms with Crippen molar-refractivity contribution in [3.05, 3.63) is 42.2 Å². The van der Waals surface area contributed by atoms with Gasteiger partial charge in [0.25, 0.3) is 0 Å². The van der Waals surface area contributed by atoms with Crippen LogP contribution in [0.5, 0.6) is 0 Å². The minimum Gasteiger partial charge on any atom is -0.380 e. The summed E-state index contributed by atoms with van der Waals surface area (Å²) >= 11 is 0. The van der Waals surface area contributed by atoms with Crippen LogP contribution in [0.1, 0.15) is 26.3 Å². The lowest BCUT2D eigenvalue weighted by Gasteiger charge is -2.22. The van der Waals surface area contributed by atoms with E-state index in [1.807, 2.05) is 25.4 Å². The SMILES string of the molecule is CCOCC(NCc1cncc2ccccc12)C(C)C. The molecule has 0 saturated carbocycles. The fraction of sp³-hybridized carbons (Fsp3) is 0.471. The highest BCUT2D eigenvalue weighted by Gasteiger charge is 2.13. The molecule has 3 heteroatoms. The molecule has 0 saturated heterocycles. The first kappa shape index (κ1) is 14.9. The minimum absolute atomic E-state index is 0.369. The maximum absolute atomic E-state index is 5.55. The summed E-state index contributed by atoms with van der Waals surface area (Å²) in [7, 11) is 0. The van der Waals surface area contributed by atoms with Gasteiger partial charge in [-0.2, -0.15) is 0 Å². The van der Waals surface area contributed by atoms with Crippen molar-refractivity contribution >= 4 is 10.8 Å². The van der Waals surface area contributed by atoms with Crippen LogP contribution < -0.4 is 5.32 Å². The van der Waals surface area contributed by atoms with Crippen LogP contribution in [0.25, 0.3) is 10.8 Å². The highest BCUT2D eigenvalue weighted by atomic mass is 16.5. The van der Waals surface area contributed by atoms with Crippen molar-refractivity contribution in [3.63, 3.8) is 0 Å². The van der Waals surface area contributed by atoms with E-state index in [1.54, 1.807) is 0 Å². The van der Waals surface area contributed by atoms with Crippen LogP contribution in [0.2, 0.25) is 0 Å². The average Bonchev–Trinajstić information content (AvgIpc) is 2.47. The molecule has 1 atom stereocenters. The second-order valence-electron chi connectivity index (χ2n) is 5.41. The molecule has 0 aliphatic heterocycles. The molecule has 0 bridgehead atoms. The van der Waals surface area contributed by atoms with Crippen LogP contribution in [-0.2, 0) is 11.3 Å². The van der Waals surface area contributed by atoms with Crippen LogP contribution in [0.15, 0.2) is 36.7 Å². The molecule has 1 N–H and O–H groups in total. The zero-order valence-electron chi connectivity index (χ0n) is 12.6. The Labute approximate surface area is 121 Å². The van der Waals surface area contributed by atoms with Crippen molar-refractivity contribution in [2.75, 3.05) is 13.2 Å². The van der Waals surface area contributed by atoms with E-state index in [-0.39, 0.29) is 0 Å². The van der Waals surface area contributed by atoms with Crippen molar-refractivity contribution in [2.45, 2.75) is 33.4 Å². The molecule has 20 heavy (non-hydrogen) atoms. The summed E-state index contributed by atoms with van der Waals surface area (Å²) < 4.78 is 5.55. The van der Waals surface area contributed by atoms with Gasteiger partial charge < -0.3 is 10.1 Å². The monoisotopic (exact) mass is 272 g/mol. The molecular weight excluding hydrogens is 248 g/mol. The minimum atomic E-state index is 0.369. The van der Waals surface area contributed by atoms with E-state index in [0.717, 1.165) is 19.8 Å². The Morgan fingerprint density at radius 2 is 2.00 bits per heavy atom. The Hall–Kier alpha value is -1.45. The summed E-state index contributed by atoms with van der Waals surface area (Å²) in [6.45, 7) is 8.82. The van der Waals surface area contributed by atoms with Crippen LogP contribution in [-0.4, -0.2) is 24.2 Å². The van der Waals surface area contributed by atoms with E-state index in [1.165, 1.54) is 16.3 Å². The van der Waals surface area contributed by atoms with Gasteiger partial charge in [-0.3, -0.25) is 4.98 Å². The molecule has 0 fully saturated rings. The third-order valence-electron chi connectivity index (χ3n) is 3.61. The lowest BCUT2D eigenvalue weighted by Crippen LogP contribution is -2.37. The quantitative estimate of drug-likeness (QED) is 0.839. The number of nitrogens with one attached hydrogen (secondary N) is 1. The standard InChI is InChI=1S/C17H24N2O/c1-4-20-12-17(13(2)3)19-11-15-10-18-9-14-7-5-6-8-16(14)15/h5-10,13,17,19H,4,11-12H2,1-3H3. The molecule has 2 aromatic rings. The van der Waals surface area contributed by atoms with Crippen molar-refractivity contribution < 1.29 is 4.74 Å². The van der Waals surface area contributed by atoms with Gasteiger partial charge in [0.15, 0.2) is 0 Å². The molecule has 3 nitrogen and oxygen atoms in total. The number of hydrogen-bond donors (Lipinski definition) is 1. The first-order valence-corrected chi connectivity index (χ1v) is 7.35. The molecule has 0 aliphatic rings. The number of hydrogen-bond acceptors (Lipinski definition) is 3. The summed E-state index contributed by atoms with van der Waals surface area (Å²) in [4.78, 5) is 4.33. The number of nitrogens with zero attached hydrogens (tertiary/aromatic N) is 1. The second kappa shape index (κ2) is 7.36. The highest BCUT2D eigenvalue weighted by Crippen LogP contribution is 2.17. The Morgan fingerprint density at radius 1 is 1.20 bits per heavy atom. The van der Waals surface area contributed by atoms with E-state index < -0.39 is 0 Å². The lowest BCUT2D eigenvalue weighted by atomic mass is 10.0. The summed E-state index contributed by atoms with van der Waals surface area (Å²) in [6, 6.07) is 8.75. The summed E-state index contributed by atoms with van der Waals surface area (Å²) in [6.07, 6.45) is 3.87. The van der Waals surface area contributed by atoms with Gasteiger partial charge in [-0.05, 0) is 23.8 Å². The van der Waals surface area contributed by atoms with Gasteiger partial charge in [0.05, 0.1) is 6.61 Å². The fourth-order valence-corrected chi connectivity index (χ4v) is 2.29. The average molecular weight is 272 g/mol. The number of aromatic nitrogens is 1. The molecule has 0 spiro atoms. The van der Waals surface area contributed by atoms with E-state index in [9.17, 15) is 0 Å². The van der Waals surface area contributed by atoms with Crippen LogP contribution in [0, 0.1) is 5.92 Å². The smallest absolute Gasteiger partial charge is 0.0622 e. The second-order valence-corrected chi connectivity index (χ2v) is 5.41. The van der Waals surface area contributed by atoms with E-state index >= 15 is 0 Å². The summed E-state index contributed by atoms with van der Waals surface area (Å²) in [5, 5.41) is 6.06. The number of fused-ring (bicyclic) bond motifs is 1. The fourth-order valence-electron chi connectivity index (χ4n) is 2.29. The maximum Gasteiger partial charge on any atom is 0.0622 e. The van der Waals surface area contributed by atoms with Gasteiger partial charge in [0.1, 0.15) is 0 Å².